The second kappa shape index (κ2) is 13.8. The van der Waals surface area contributed by atoms with Crippen molar-refractivity contribution in [2.75, 3.05) is 0 Å². The lowest BCUT2D eigenvalue weighted by Crippen LogP contribution is -2.25. The minimum Gasteiger partial charge on any atom is -0.459 e. The first-order chi connectivity index (χ1) is 13.0. The molecule has 3 nitrogen and oxygen atoms in total. The molecule has 152 valence electrons. The average molecular weight is 394 g/mol. The fourth-order valence-corrected chi connectivity index (χ4v) is 3.52. The van der Waals surface area contributed by atoms with Gasteiger partial charge in [-0.3, -0.25) is 4.98 Å². The lowest BCUT2D eigenvalue weighted by Gasteiger charge is -2.24. The summed E-state index contributed by atoms with van der Waals surface area (Å²) in [7, 11) is 0. The van der Waals surface area contributed by atoms with Crippen LogP contribution in [0, 0.1) is 5.92 Å². The van der Waals surface area contributed by atoms with Crippen molar-refractivity contribution in [2.45, 2.75) is 91.1 Å². The molecule has 4 heteroatoms. The van der Waals surface area contributed by atoms with Gasteiger partial charge in [0, 0.05) is 11.8 Å². The summed E-state index contributed by atoms with van der Waals surface area (Å²) in [4.78, 5) is 16.3. The molecule has 0 bridgehead atoms. The Labute approximate surface area is 170 Å². The molecular weight excluding hydrogens is 358 g/mol. The van der Waals surface area contributed by atoms with E-state index >= 15 is 0 Å². The highest BCUT2D eigenvalue weighted by Crippen LogP contribution is 2.25. The Morgan fingerprint density at radius 2 is 1.85 bits per heavy atom. The molecule has 0 amide bonds. The van der Waals surface area contributed by atoms with Gasteiger partial charge >= 0.3 is 5.97 Å². The number of carbonyl (C=O) groups excluding carboxylic acids is 1. The van der Waals surface area contributed by atoms with Gasteiger partial charge in [-0.2, -0.15) is 0 Å². The number of unbranched alkanes of at least 4 members (excludes halogenated alkanes) is 5. The highest BCUT2D eigenvalue weighted by Gasteiger charge is 2.21. The first-order valence-corrected chi connectivity index (χ1v) is 10.8. The van der Waals surface area contributed by atoms with Crippen LogP contribution in [0.3, 0.4) is 0 Å². The van der Waals surface area contributed by atoms with E-state index in [1.165, 1.54) is 38.5 Å². The van der Waals surface area contributed by atoms with Crippen LogP contribution < -0.4 is 0 Å². The predicted molar refractivity (Wildman–Crippen MR) is 114 cm³/mol. The lowest BCUT2D eigenvalue weighted by atomic mass is 9.90. The molecule has 1 aromatic rings. The fraction of sp³-hybridized carbons (Fsp3) is 0.652. The molecule has 0 aliphatic carbocycles. The maximum Gasteiger partial charge on any atom is 0.333 e. The van der Waals surface area contributed by atoms with Crippen LogP contribution in [0.25, 0.3) is 0 Å². The van der Waals surface area contributed by atoms with Gasteiger partial charge in [-0.25, -0.2) is 4.79 Å². The van der Waals surface area contributed by atoms with Crippen molar-refractivity contribution >= 4 is 17.6 Å². The summed E-state index contributed by atoms with van der Waals surface area (Å²) in [6.07, 6.45) is 13.3. The van der Waals surface area contributed by atoms with Gasteiger partial charge in [0.2, 0.25) is 0 Å². The van der Waals surface area contributed by atoms with E-state index in [9.17, 15) is 4.79 Å². The number of aryl methyl sites for hydroxylation is 1. The molecule has 0 saturated heterocycles. The minimum atomic E-state index is -0.289. The summed E-state index contributed by atoms with van der Waals surface area (Å²) < 4.78 is 5.62. The van der Waals surface area contributed by atoms with Crippen molar-refractivity contribution < 1.29 is 9.53 Å². The third kappa shape index (κ3) is 9.95. The van der Waals surface area contributed by atoms with Crippen LogP contribution in [0.1, 0.15) is 84.3 Å². The van der Waals surface area contributed by atoms with Crippen LogP contribution in [0.2, 0.25) is 5.02 Å². The van der Waals surface area contributed by atoms with E-state index in [1.54, 1.807) is 13.1 Å². The smallest absolute Gasteiger partial charge is 0.333 e. The minimum absolute atomic E-state index is 0.0935. The number of halogens is 1. The summed E-state index contributed by atoms with van der Waals surface area (Å²) in [6.45, 7) is 9.63. The quantitative estimate of drug-likeness (QED) is 0.195. The van der Waals surface area contributed by atoms with Gasteiger partial charge in [0.15, 0.2) is 0 Å². The van der Waals surface area contributed by atoms with Crippen LogP contribution in [0.5, 0.6) is 0 Å². The zero-order valence-corrected chi connectivity index (χ0v) is 18.1. The summed E-state index contributed by atoms with van der Waals surface area (Å²) in [6, 6.07) is 3.74. The van der Waals surface area contributed by atoms with Crippen LogP contribution in [0.4, 0.5) is 0 Å². The van der Waals surface area contributed by atoms with E-state index < -0.39 is 0 Å². The maximum atomic E-state index is 11.9. The summed E-state index contributed by atoms with van der Waals surface area (Å²) in [5.41, 5.74) is 1.41. The molecule has 0 saturated carbocycles. The van der Waals surface area contributed by atoms with E-state index in [2.05, 4.69) is 18.5 Å². The van der Waals surface area contributed by atoms with Crippen LogP contribution in [-0.4, -0.2) is 17.1 Å². The summed E-state index contributed by atoms with van der Waals surface area (Å²) in [5.74, 6) is 0.0742. The Morgan fingerprint density at radius 3 is 2.52 bits per heavy atom. The molecule has 1 rings (SSSR count). The van der Waals surface area contributed by atoms with Gasteiger partial charge in [0.05, 0.1) is 10.7 Å². The van der Waals surface area contributed by atoms with Gasteiger partial charge in [-0.15, -0.1) is 0 Å². The van der Waals surface area contributed by atoms with E-state index in [4.69, 9.17) is 16.3 Å². The highest BCUT2D eigenvalue weighted by atomic mass is 35.5. The molecule has 2 unspecified atom stereocenters. The largest absolute Gasteiger partial charge is 0.459 e. The van der Waals surface area contributed by atoms with E-state index in [1.807, 2.05) is 19.1 Å². The number of hydrogen-bond acceptors (Lipinski definition) is 3. The van der Waals surface area contributed by atoms with E-state index in [0.717, 1.165) is 36.4 Å². The molecule has 27 heavy (non-hydrogen) atoms. The number of hydrogen-bond donors (Lipinski definition) is 0. The molecule has 2 atom stereocenters. The Balaban J connectivity index is 2.51. The molecular formula is C23H36ClNO2. The topological polar surface area (TPSA) is 39.2 Å². The van der Waals surface area contributed by atoms with Crippen molar-refractivity contribution in [3.8, 4) is 0 Å². The number of ether oxygens (including phenoxy) is 1. The third-order valence-corrected chi connectivity index (χ3v) is 5.40. The molecule has 0 aliphatic heterocycles. The molecule has 1 heterocycles. The Kier molecular flexibility index (Phi) is 12.1. The molecule has 0 aliphatic rings. The highest BCUT2D eigenvalue weighted by molar-refractivity contribution is 6.31. The van der Waals surface area contributed by atoms with Crippen LogP contribution in [-0.2, 0) is 16.0 Å². The normalized spacial score (nSPS) is 13.2. The molecule has 1 aromatic heterocycles. The van der Waals surface area contributed by atoms with Crippen molar-refractivity contribution in [3.05, 3.63) is 41.2 Å². The molecule has 0 fully saturated rings. The number of esters is 1. The Hall–Kier alpha value is -1.35. The maximum absolute atomic E-state index is 11.9. The second-order valence-corrected chi connectivity index (χ2v) is 7.94. The predicted octanol–water partition coefficient (Wildman–Crippen LogP) is 6.93. The van der Waals surface area contributed by atoms with E-state index in [-0.39, 0.29) is 12.1 Å². The number of pyridine rings is 1. The van der Waals surface area contributed by atoms with Crippen molar-refractivity contribution in [1.82, 2.24) is 4.98 Å². The average Bonchev–Trinajstić information content (AvgIpc) is 2.64. The monoisotopic (exact) mass is 393 g/mol. The third-order valence-electron chi connectivity index (χ3n) is 5.06. The van der Waals surface area contributed by atoms with Crippen molar-refractivity contribution in [2.24, 2.45) is 5.92 Å². The summed E-state index contributed by atoms with van der Waals surface area (Å²) >= 11 is 6.21. The van der Waals surface area contributed by atoms with Crippen LogP contribution >= 0.6 is 11.6 Å². The number of aromatic nitrogens is 1. The molecule has 0 radical (unpaired) electrons. The molecule has 0 aromatic carbocycles. The van der Waals surface area contributed by atoms with Gasteiger partial charge in [-0.05, 0) is 57.6 Å². The second-order valence-electron chi connectivity index (χ2n) is 7.53. The van der Waals surface area contributed by atoms with Crippen molar-refractivity contribution in [1.29, 1.82) is 0 Å². The zero-order valence-electron chi connectivity index (χ0n) is 17.3. The Bertz CT molecular complexity index is 573. The fourth-order valence-electron chi connectivity index (χ4n) is 3.30. The van der Waals surface area contributed by atoms with Crippen LogP contribution in [0.15, 0.2) is 30.5 Å². The lowest BCUT2D eigenvalue weighted by molar-refractivity contribution is -0.146. The van der Waals surface area contributed by atoms with Gasteiger partial charge < -0.3 is 4.74 Å². The number of rotatable bonds is 14. The van der Waals surface area contributed by atoms with Gasteiger partial charge in [0.25, 0.3) is 0 Å². The van der Waals surface area contributed by atoms with Gasteiger partial charge in [0.1, 0.15) is 6.10 Å². The standard InChI is InChI=1S/C23H36ClNO2/c1-5-6-7-8-9-10-13-20(19(4)27-23(26)18(2)3)14-11-16-22-21(24)15-12-17-25-22/h12,15,17,19-20H,2,5-11,13-14,16H2,1,3-4H3. The molecule has 0 spiro atoms. The first-order valence-electron chi connectivity index (χ1n) is 10.4. The van der Waals surface area contributed by atoms with Gasteiger partial charge in [-0.1, -0.05) is 63.6 Å². The number of nitrogens with zero attached hydrogens (tertiary/aromatic N) is 1. The Morgan fingerprint density at radius 1 is 1.19 bits per heavy atom. The SMILES string of the molecule is C=C(C)C(=O)OC(C)C(CCCCCCCC)CCCc1ncccc1Cl. The number of carbonyl (C=O) groups is 1. The summed E-state index contributed by atoms with van der Waals surface area (Å²) in [5, 5.41) is 0.728. The first kappa shape index (κ1) is 23.7. The van der Waals surface area contributed by atoms with E-state index in [0.29, 0.717) is 11.5 Å². The molecule has 0 N–H and O–H groups in total. The van der Waals surface area contributed by atoms with Crippen molar-refractivity contribution in [3.63, 3.8) is 0 Å². The zero-order chi connectivity index (χ0) is 20.1.